The lowest BCUT2D eigenvalue weighted by Gasteiger charge is -2.32. The third-order valence-corrected chi connectivity index (χ3v) is 5.48. The van der Waals surface area contributed by atoms with Gasteiger partial charge in [0.15, 0.2) is 5.76 Å². The van der Waals surface area contributed by atoms with Gasteiger partial charge in [0, 0.05) is 16.0 Å². The van der Waals surface area contributed by atoms with Gasteiger partial charge in [-0.3, -0.25) is 0 Å². The summed E-state index contributed by atoms with van der Waals surface area (Å²) in [5.74, 6) is 6.55. The third-order valence-electron chi connectivity index (χ3n) is 4.41. The number of benzene rings is 1. The summed E-state index contributed by atoms with van der Waals surface area (Å²) in [4.78, 5) is 12.5. The molecule has 4 heteroatoms. The van der Waals surface area contributed by atoms with Crippen molar-refractivity contribution in [3.05, 3.63) is 52.5 Å². The number of thioether (sulfide) groups is 1. The van der Waals surface area contributed by atoms with Crippen molar-refractivity contribution in [3.8, 4) is 11.8 Å². The lowest BCUT2D eigenvalue weighted by atomic mass is 9.81. The van der Waals surface area contributed by atoms with Crippen molar-refractivity contribution in [2.24, 2.45) is 0 Å². The number of fused-ring (bicyclic) bond motifs is 1. The molecule has 1 aromatic heterocycles. The fraction of sp³-hybridized carbons (Fsp3) is 0.350. The minimum atomic E-state index is -1.05. The highest BCUT2D eigenvalue weighted by Crippen LogP contribution is 2.41. The first-order valence-corrected chi connectivity index (χ1v) is 9.04. The Hall–Kier alpha value is -2.12. The molecule has 1 N–H and O–H groups in total. The van der Waals surface area contributed by atoms with Gasteiger partial charge in [0.05, 0.1) is 0 Å². The van der Waals surface area contributed by atoms with E-state index >= 15 is 0 Å². The molecule has 1 aliphatic heterocycles. The Bertz CT molecular complexity index is 849. The van der Waals surface area contributed by atoms with Crippen LogP contribution in [0, 0.1) is 11.8 Å². The minimum absolute atomic E-state index is 0.00947. The summed E-state index contributed by atoms with van der Waals surface area (Å²) in [7, 11) is 0. The van der Waals surface area contributed by atoms with Gasteiger partial charge in [-0.05, 0) is 59.8 Å². The summed E-state index contributed by atoms with van der Waals surface area (Å²) < 4.78 is 5.37. The summed E-state index contributed by atoms with van der Waals surface area (Å²) >= 11 is 1.89. The molecule has 2 aromatic rings. The lowest BCUT2D eigenvalue weighted by Crippen LogP contribution is -2.22. The molecule has 3 rings (SSSR count). The van der Waals surface area contributed by atoms with Gasteiger partial charge in [0.25, 0.3) is 0 Å². The summed E-state index contributed by atoms with van der Waals surface area (Å²) in [6.07, 6.45) is 1.76. The Morgan fingerprint density at radius 3 is 2.79 bits per heavy atom. The van der Waals surface area contributed by atoms with E-state index in [4.69, 9.17) is 9.52 Å². The molecule has 0 aliphatic carbocycles. The summed E-state index contributed by atoms with van der Waals surface area (Å²) in [5, 5.41) is 9.14. The Morgan fingerprint density at radius 2 is 2.12 bits per heavy atom. The second-order valence-electron chi connectivity index (χ2n) is 6.57. The molecule has 0 radical (unpaired) electrons. The maximum atomic E-state index is 11.2. The predicted molar refractivity (Wildman–Crippen MR) is 95.8 cm³/mol. The molecule has 124 valence electrons. The summed E-state index contributed by atoms with van der Waals surface area (Å²) in [5.41, 5.74) is 3.10. The molecule has 0 amide bonds. The molecule has 2 heterocycles. The van der Waals surface area contributed by atoms with E-state index in [1.165, 1.54) is 10.5 Å². The SMILES string of the molecule is CCc1cc(C#Cc2ccc3c(c2)C(C)(C)CCS3)oc1C(=O)O. The summed E-state index contributed by atoms with van der Waals surface area (Å²) in [6, 6.07) is 8.01. The highest BCUT2D eigenvalue weighted by molar-refractivity contribution is 7.99. The van der Waals surface area contributed by atoms with Crippen molar-refractivity contribution in [1.82, 2.24) is 0 Å². The number of carbonyl (C=O) groups is 1. The zero-order chi connectivity index (χ0) is 17.3. The average molecular weight is 340 g/mol. The van der Waals surface area contributed by atoms with E-state index in [1.54, 1.807) is 6.07 Å². The van der Waals surface area contributed by atoms with Gasteiger partial charge in [0.1, 0.15) is 0 Å². The Labute approximate surface area is 146 Å². The summed E-state index contributed by atoms with van der Waals surface area (Å²) in [6.45, 7) is 6.43. The Balaban J connectivity index is 1.93. The van der Waals surface area contributed by atoms with Crippen LogP contribution in [0.5, 0.6) is 0 Å². The van der Waals surface area contributed by atoms with Gasteiger partial charge in [0.2, 0.25) is 5.76 Å². The average Bonchev–Trinajstić information content (AvgIpc) is 2.96. The van der Waals surface area contributed by atoms with Crippen molar-refractivity contribution in [2.45, 2.75) is 43.9 Å². The number of aromatic carboxylic acids is 1. The van der Waals surface area contributed by atoms with E-state index in [0.29, 0.717) is 17.7 Å². The standard InChI is InChI=1S/C20H20O3S/c1-4-14-12-15(23-18(14)19(21)22)7-5-13-6-8-17-16(11-13)20(2,3)9-10-24-17/h6,8,11-12H,4,9-10H2,1-3H3,(H,21,22). The lowest BCUT2D eigenvalue weighted by molar-refractivity contribution is 0.0660. The molecule has 0 unspecified atom stereocenters. The fourth-order valence-electron chi connectivity index (χ4n) is 2.88. The van der Waals surface area contributed by atoms with Gasteiger partial charge < -0.3 is 9.52 Å². The van der Waals surface area contributed by atoms with Gasteiger partial charge >= 0.3 is 5.97 Å². The monoisotopic (exact) mass is 340 g/mol. The van der Waals surface area contributed by atoms with Crippen molar-refractivity contribution < 1.29 is 14.3 Å². The Kier molecular flexibility index (Phi) is 4.47. The van der Waals surface area contributed by atoms with E-state index < -0.39 is 5.97 Å². The molecular weight excluding hydrogens is 320 g/mol. The number of furan rings is 1. The maximum absolute atomic E-state index is 11.2. The highest BCUT2D eigenvalue weighted by atomic mass is 32.2. The van der Waals surface area contributed by atoms with Gasteiger partial charge in [-0.2, -0.15) is 0 Å². The van der Waals surface area contributed by atoms with Crippen LogP contribution in [0.15, 0.2) is 33.6 Å². The van der Waals surface area contributed by atoms with Crippen LogP contribution in [0.25, 0.3) is 0 Å². The normalized spacial score (nSPS) is 15.3. The number of rotatable bonds is 2. The predicted octanol–water partition coefficient (Wildman–Crippen LogP) is 4.71. The molecule has 0 spiro atoms. The molecule has 0 bridgehead atoms. The van der Waals surface area contributed by atoms with E-state index in [9.17, 15) is 4.79 Å². The molecule has 0 saturated carbocycles. The van der Waals surface area contributed by atoms with Crippen LogP contribution in [0.2, 0.25) is 0 Å². The fourth-order valence-corrected chi connectivity index (χ4v) is 4.37. The second-order valence-corrected chi connectivity index (χ2v) is 7.70. The van der Waals surface area contributed by atoms with Crippen LogP contribution < -0.4 is 0 Å². The Morgan fingerprint density at radius 1 is 1.33 bits per heavy atom. The van der Waals surface area contributed by atoms with Crippen molar-refractivity contribution >= 4 is 17.7 Å². The van der Waals surface area contributed by atoms with Crippen molar-refractivity contribution in [1.29, 1.82) is 0 Å². The molecule has 24 heavy (non-hydrogen) atoms. The molecule has 1 aromatic carbocycles. The molecule has 0 atom stereocenters. The molecule has 1 aliphatic rings. The number of hydrogen-bond acceptors (Lipinski definition) is 3. The first kappa shape index (κ1) is 16.7. The molecule has 3 nitrogen and oxygen atoms in total. The largest absolute Gasteiger partial charge is 0.475 e. The molecule has 0 saturated heterocycles. The van der Waals surface area contributed by atoms with E-state index in [0.717, 1.165) is 17.7 Å². The van der Waals surface area contributed by atoms with Crippen molar-refractivity contribution in [3.63, 3.8) is 0 Å². The quantitative estimate of drug-likeness (QED) is 0.804. The minimum Gasteiger partial charge on any atom is -0.475 e. The van der Waals surface area contributed by atoms with Crippen LogP contribution in [-0.2, 0) is 11.8 Å². The number of aryl methyl sites for hydroxylation is 1. The van der Waals surface area contributed by atoms with Gasteiger partial charge in [-0.1, -0.05) is 26.7 Å². The van der Waals surface area contributed by atoms with E-state index in [-0.39, 0.29) is 11.2 Å². The first-order valence-electron chi connectivity index (χ1n) is 8.06. The van der Waals surface area contributed by atoms with Crippen LogP contribution in [0.4, 0.5) is 0 Å². The van der Waals surface area contributed by atoms with Gasteiger partial charge in [-0.25, -0.2) is 4.79 Å². The zero-order valence-electron chi connectivity index (χ0n) is 14.1. The van der Waals surface area contributed by atoms with Crippen LogP contribution >= 0.6 is 11.8 Å². The van der Waals surface area contributed by atoms with Crippen LogP contribution in [-0.4, -0.2) is 16.8 Å². The second kappa shape index (κ2) is 6.41. The smallest absolute Gasteiger partial charge is 0.372 e. The third kappa shape index (κ3) is 3.22. The first-order chi connectivity index (χ1) is 11.4. The molecular formula is C20H20O3S. The topological polar surface area (TPSA) is 50.4 Å². The zero-order valence-corrected chi connectivity index (χ0v) is 14.9. The maximum Gasteiger partial charge on any atom is 0.372 e. The number of carboxylic acids is 1. The molecule has 0 fully saturated rings. The van der Waals surface area contributed by atoms with Gasteiger partial charge in [-0.15, -0.1) is 11.8 Å². The number of hydrogen-bond donors (Lipinski definition) is 1. The highest BCUT2D eigenvalue weighted by Gasteiger charge is 2.27. The van der Waals surface area contributed by atoms with Crippen molar-refractivity contribution in [2.75, 3.05) is 5.75 Å². The van der Waals surface area contributed by atoms with Crippen LogP contribution in [0.1, 0.15) is 60.2 Å². The van der Waals surface area contributed by atoms with Crippen LogP contribution in [0.3, 0.4) is 0 Å². The van der Waals surface area contributed by atoms with E-state index in [2.05, 4.69) is 37.8 Å². The number of carboxylic acid groups (broad SMARTS) is 1. The van der Waals surface area contributed by atoms with E-state index in [1.807, 2.05) is 24.8 Å².